The molecule has 1 aromatic heterocycles. The highest BCUT2D eigenvalue weighted by molar-refractivity contribution is 9.10. The van der Waals surface area contributed by atoms with E-state index in [4.69, 9.17) is 16.3 Å². The molecule has 2 aromatic rings. The Kier molecular flexibility index (Phi) is 6.38. The first kappa shape index (κ1) is 15.9. The number of halogens is 2. The number of nitrogens with one attached hydrogen (secondary N) is 1. The van der Waals surface area contributed by atoms with Gasteiger partial charge in [0, 0.05) is 36.7 Å². The van der Waals surface area contributed by atoms with Gasteiger partial charge in [0.15, 0.2) is 0 Å². The van der Waals surface area contributed by atoms with Gasteiger partial charge in [-0.05, 0) is 18.2 Å². The molecule has 0 unspecified atom stereocenters. The van der Waals surface area contributed by atoms with Crippen molar-refractivity contribution in [1.29, 1.82) is 0 Å². The number of ether oxygens (including phenoxy) is 1. The van der Waals surface area contributed by atoms with Crippen LogP contribution in [0.1, 0.15) is 5.01 Å². The Morgan fingerprint density at radius 3 is 2.95 bits per heavy atom. The van der Waals surface area contributed by atoms with E-state index in [1.165, 1.54) is 0 Å². The summed E-state index contributed by atoms with van der Waals surface area (Å²) in [5.41, 5.74) is 0.922. The van der Waals surface area contributed by atoms with Crippen LogP contribution in [0.2, 0.25) is 5.02 Å². The largest absolute Gasteiger partial charge is 0.383 e. The fraction of sp³-hybridized carbons (Fsp3) is 0.385. The summed E-state index contributed by atoms with van der Waals surface area (Å²) in [6.45, 7) is 2.43. The summed E-state index contributed by atoms with van der Waals surface area (Å²) in [6, 6.07) is 5.77. The van der Waals surface area contributed by atoms with Crippen molar-refractivity contribution >= 4 is 38.9 Å². The van der Waals surface area contributed by atoms with Gasteiger partial charge < -0.3 is 10.1 Å². The summed E-state index contributed by atoms with van der Waals surface area (Å²) in [5.74, 6) is 0. The Labute approximate surface area is 135 Å². The second kappa shape index (κ2) is 8.05. The van der Waals surface area contributed by atoms with Crippen LogP contribution >= 0.6 is 38.9 Å². The highest BCUT2D eigenvalue weighted by Gasteiger charge is 2.10. The average Bonchev–Trinajstić information content (AvgIpc) is 2.87. The van der Waals surface area contributed by atoms with E-state index in [0.29, 0.717) is 5.02 Å². The minimum atomic E-state index is 0.681. The maximum Gasteiger partial charge on any atom is 0.149 e. The molecule has 0 radical (unpaired) electrons. The quantitative estimate of drug-likeness (QED) is 0.752. The van der Waals surface area contributed by atoms with Crippen LogP contribution in [0, 0.1) is 0 Å². The SMILES string of the molecule is COCCNCCc1nnc(-c2ccc(Br)cc2Cl)s1. The van der Waals surface area contributed by atoms with Crippen molar-refractivity contribution < 1.29 is 4.74 Å². The molecule has 0 saturated carbocycles. The molecule has 0 saturated heterocycles. The van der Waals surface area contributed by atoms with Crippen molar-refractivity contribution in [3.05, 3.63) is 32.7 Å². The Hall–Kier alpha value is -0.530. The van der Waals surface area contributed by atoms with Crippen LogP contribution in [0.15, 0.2) is 22.7 Å². The topological polar surface area (TPSA) is 47.0 Å². The smallest absolute Gasteiger partial charge is 0.149 e. The predicted octanol–water partition coefficient (Wildman–Crippen LogP) is 3.40. The van der Waals surface area contributed by atoms with Crippen LogP contribution in [0.4, 0.5) is 0 Å². The standard InChI is InChI=1S/C13H15BrClN3OS/c1-19-7-6-16-5-4-12-17-18-13(20-12)10-3-2-9(14)8-11(10)15/h2-3,8,16H,4-7H2,1H3. The van der Waals surface area contributed by atoms with Gasteiger partial charge in [-0.1, -0.05) is 38.9 Å². The van der Waals surface area contributed by atoms with Gasteiger partial charge in [-0.2, -0.15) is 0 Å². The number of aromatic nitrogens is 2. The van der Waals surface area contributed by atoms with E-state index in [9.17, 15) is 0 Å². The Balaban J connectivity index is 1.95. The molecule has 1 N–H and O–H groups in total. The second-order valence-corrected chi connectivity index (χ2v) is 6.50. The lowest BCUT2D eigenvalue weighted by molar-refractivity contribution is 0.199. The predicted molar refractivity (Wildman–Crippen MR) is 86.5 cm³/mol. The van der Waals surface area contributed by atoms with Gasteiger partial charge in [-0.15, -0.1) is 10.2 Å². The summed E-state index contributed by atoms with van der Waals surface area (Å²) in [7, 11) is 1.70. The first-order chi connectivity index (χ1) is 9.70. The molecule has 0 aliphatic heterocycles. The summed E-state index contributed by atoms with van der Waals surface area (Å²) in [6.07, 6.45) is 0.857. The fourth-order valence-electron chi connectivity index (χ4n) is 1.62. The van der Waals surface area contributed by atoms with Gasteiger partial charge >= 0.3 is 0 Å². The zero-order valence-corrected chi connectivity index (χ0v) is 14.2. The molecule has 0 bridgehead atoms. The van der Waals surface area contributed by atoms with E-state index in [1.807, 2.05) is 18.2 Å². The Morgan fingerprint density at radius 2 is 2.20 bits per heavy atom. The second-order valence-electron chi connectivity index (χ2n) is 4.12. The third kappa shape index (κ3) is 4.49. The van der Waals surface area contributed by atoms with Crippen molar-refractivity contribution in [2.45, 2.75) is 6.42 Å². The van der Waals surface area contributed by atoms with Gasteiger partial charge in [0.05, 0.1) is 11.6 Å². The number of benzene rings is 1. The van der Waals surface area contributed by atoms with Gasteiger partial charge in [0.1, 0.15) is 10.0 Å². The average molecular weight is 377 g/mol. The highest BCUT2D eigenvalue weighted by Crippen LogP contribution is 2.32. The molecular weight excluding hydrogens is 362 g/mol. The maximum absolute atomic E-state index is 6.22. The van der Waals surface area contributed by atoms with E-state index in [2.05, 4.69) is 31.4 Å². The monoisotopic (exact) mass is 375 g/mol. The van der Waals surface area contributed by atoms with E-state index in [1.54, 1.807) is 18.4 Å². The van der Waals surface area contributed by atoms with Crippen molar-refractivity contribution in [3.8, 4) is 10.6 Å². The van der Waals surface area contributed by atoms with Crippen LogP contribution in [0.3, 0.4) is 0 Å². The number of methoxy groups -OCH3 is 1. The minimum absolute atomic E-state index is 0.681. The van der Waals surface area contributed by atoms with Crippen LogP contribution < -0.4 is 5.32 Å². The number of hydrogen-bond donors (Lipinski definition) is 1. The van der Waals surface area contributed by atoms with Crippen LogP contribution in [-0.4, -0.2) is 37.0 Å². The molecular formula is C13H15BrClN3OS. The van der Waals surface area contributed by atoms with Crippen LogP contribution in [0.25, 0.3) is 10.6 Å². The molecule has 0 aliphatic rings. The molecule has 7 heteroatoms. The van der Waals surface area contributed by atoms with Gasteiger partial charge in [0.25, 0.3) is 0 Å². The molecule has 1 heterocycles. The van der Waals surface area contributed by atoms with Crippen molar-refractivity contribution in [3.63, 3.8) is 0 Å². The molecule has 20 heavy (non-hydrogen) atoms. The minimum Gasteiger partial charge on any atom is -0.383 e. The lowest BCUT2D eigenvalue weighted by Gasteiger charge is -2.01. The van der Waals surface area contributed by atoms with Crippen molar-refractivity contribution in [2.75, 3.05) is 26.8 Å². The number of nitrogens with zero attached hydrogens (tertiary/aromatic N) is 2. The van der Waals surface area contributed by atoms with E-state index in [0.717, 1.165) is 46.2 Å². The Bertz CT molecular complexity index is 564. The first-order valence-electron chi connectivity index (χ1n) is 6.18. The third-order valence-electron chi connectivity index (χ3n) is 2.63. The zero-order chi connectivity index (χ0) is 14.4. The fourth-order valence-corrected chi connectivity index (χ4v) is 3.32. The first-order valence-corrected chi connectivity index (χ1v) is 8.17. The molecule has 0 spiro atoms. The molecule has 0 amide bonds. The molecule has 108 valence electrons. The van der Waals surface area contributed by atoms with Crippen molar-refractivity contribution in [2.24, 2.45) is 0 Å². The highest BCUT2D eigenvalue weighted by atomic mass is 79.9. The van der Waals surface area contributed by atoms with E-state index >= 15 is 0 Å². The summed E-state index contributed by atoms with van der Waals surface area (Å²) in [4.78, 5) is 0. The summed E-state index contributed by atoms with van der Waals surface area (Å²) in [5, 5.41) is 14.2. The normalized spacial score (nSPS) is 10.9. The maximum atomic E-state index is 6.22. The molecule has 2 rings (SSSR count). The molecule has 0 fully saturated rings. The van der Waals surface area contributed by atoms with Crippen molar-refractivity contribution in [1.82, 2.24) is 15.5 Å². The van der Waals surface area contributed by atoms with Gasteiger partial charge in [-0.25, -0.2) is 0 Å². The summed E-state index contributed by atoms with van der Waals surface area (Å²) < 4.78 is 5.93. The van der Waals surface area contributed by atoms with Gasteiger partial charge in [0.2, 0.25) is 0 Å². The molecule has 4 nitrogen and oxygen atoms in total. The third-order valence-corrected chi connectivity index (χ3v) is 4.45. The lowest BCUT2D eigenvalue weighted by Crippen LogP contribution is -2.21. The molecule has 0 aliphatic carbocycles. The Morgan fingerprint density at radius 1 is 1.35 bits per heavy atom. The van der Waals surface area contributed by atoms with E-state index < -0.39 is 0 Å². The molecule has 1 aromatic carbocycles. The number of rotatable bonds is 7. The number of hydrogen-bond acceptors (Lipinski definition) is 5. The lowest BCUT2D eigenvalue weighted by atomic mass is 10.2. The van der Waals surface area contributed by atoms with Gasteiger partial charge in [-0.3, -0.25) is 0 Å². The van der Waals surface area contributed by atoms with Crippen LogP contribution in [-0.2, 0) is 11.2 Å². The molecule has 0 atom stereocenters. The zero-order valence-electron chi connectivity index (χ0n) is 11.0. The van der Waals surface area contributed by atoms with E-state index in [-0.39, 0.29) is 0 Å². The summed E-state index contributed by atoms with van der Waals surface area (Å²) >= 11 is 11.2. The van der Waals surface area contributed by atoms with Crippen LogP contribution in [0.5, 0.6) is 0 Å².